The Bertz CT molecular complexity index is 1370. The molecular formula is C27H29FN4O4. The summed E-state index contributed by atoms with van der Waals surface area (Å²) in [5.74, 6) is -0.688. The summed E-state index contributed by atoms with van der Waals surface area (Å²) in [5.41, 5.74) is 1.20. The van der Waals surface area contributed by atoms with Gasteiger partial charge >= 0.3 is 6.03 Å². The minimum Gasteiger partial charge on any atom is -0.508 e. The molecular weight excluding hydrogens is 463 g/mol. The number of urea groups is 1. The number of hydrogen-bond acceptors (Lipinski definition) is 5. The number of carbonyl (C=O) groups excluding carboxylic acids is 2. The number of aromatic hydroxyl groups is 1. The normalized spacial score (nSPS) is 21.1. The number of halogens is 1. The molecule has 1 aromatic heterocycles. The predicted octanol–water partition coefficient (Wildman–Crippen LogP) is 3.86. The van der Waals surface area contributed by atoms with Crippen LogP contribution in [0.1, 0.15) is 36.2 Å². The lowest BCUT2D eigenvalue weighted by Gasteiger charge is -2.42. The molecule has 3 heterocycles. The number of nitrogens with one attached hydrogen (secondary N) is 2. The lowest BCUT2D eigenvalue weighted by atomic mass is 9.81. The third kappa shape index (κ3) is 3.53. The number of aromatic nitrogens is 1. The number of methoxy groups -OCH3 is 1. The first-order valence-electron chi connectivity index (χ1n) is 11.9. The molecule has 2 aliphatic heterocycles. The van der Waals surface area contributed by atoms with Crippen molar-refractivity contribution < 1.29 is 23.8 Å². The van der Waals surface area contributed by atoms with Gasteiger partial charge in [0.2, 0.25) is 0 Å². The highest BCUT2D eigenvalue weighted by molar-refractivity contribution is 6.08. The Morgan fingerprint density at radius 3 is 2.86 bits per heavy atom. The van der Waals surface area contributed by atoms with Crippen molar-refractivity contribution in [3.63, 3.8) is 0 Å². The highest BCUT2D eigenvalue weighted by atomic mass is 19.1. The van der Waals surface area contributed by atoms with Crippen LogP contribution in [-0.2, 0) is 11.2 Å². The summed E-state index contributed by atoms with van der Waals surface area (Å²) in [6.07, 6.45) is 2.49. The zero-order valence-electron chi connectivity index (χ0n) is 20.3. The van der Waals surface area contributed by atoms with E-state index in [4.69, 9.17) is 4.74 Å². The number of carbonyl (C=O) groups is 2. The molecule has 1 saturated heterocycles. The second-order valence-electron chi connectivity index (χ2n) is 9.43. The van der Waals surface area contributed by atoms with Crippen molar-refractivity contribution in [1.82, 2.24) is 20.1 Å². The number of hydrogen-bond donors (Lipinski definition) is 3. The molecule has 1 fully saturated rings. The number of imide groups is 1. The van der Waals surface area contributed by atoms with Gasteiger partial charge in [-0.2, -0.15) is 0 Å². The summed E-state index contributed by atoms with van der Waals surface area (Å²) in [6.45, 7) is 6.94. The van der Waals surface area contributed by atoms with E-state index in [0.717, 1.165) is 0 Å². The Morgan fingerprint density at radius 2 is 2.14 bits per heavy atom. The van der Waals surface area contributed by atoms with Crippen molar-refractivity contribution >= 4 is 22.8 Å². The molecule has 0 radical (unpaired) electrons. The van der Waals surface area contributed by atoms with Crippen LogP contribution in [-0.4, -0.2) is 64.1 Å². The third-order valence-corrected chi connectivity index (χ3v) is 7.16. The Labute approximate surface area is 208 Å². The van der Waals surface area contributed by atoms with Crippen LogP contribution in [0.3, 0.4) is 0 Å². The number of phenolic OH excluding ortho intramolecular Hbond substituents is 1. The van der Waals surface area contributed by atoms with E-state index in [1.807, 2.05) is 0 Å². The van der Waals surface area contributed by atoms with Crippen LogP contribution in [0.5, 0.6) is 11.5 Å². The quantitative estimate of drug-likeness (QED) is 0.252. The molecule has 2 aliphatic rings. The minimum absolute atomic E-state index is 0.0356. The fourth-order valence-corrected chi connectivity index (χ4v) is 5.51. The predicted molar refractivity (Wildman–Crippen MR) is 133 cm³/mol. The van der Waals surface area contributed by atoms with Gasteiger partial charge in [0.15, 0.2) is 11.6 Å². The third-order valence-electron chi connectivity index (χ3n) is 7.16. The van der Waals surface area contributed by atoms with Gasteiger partial charge < -0.3 is 20.1 Å². The molecule has 0 aliphatic carbocycles. The summed E-state index contributed by atoms with van der Waals surface area (Å²) >= 11 is 0. The molecule has 36 heavy (non-hydrogen) atoms. The average molecular weight is 493 g/mol. The van der Waals surface area contributed by atoms with Crippen molar-refractivity contribution in [2.45, 2.75) is 31.3 Å². The van der Waals surface area contributed by atoms with E-state index in [0.29, 0.717) is 47.2 Å². The molecule has 3 aromatic rings. The molecule has 0 saturated carbocycles. The van der Waals surface area contributed by atoms with Crippen LogP contribution >= 0.6 is 0 Å². The summed E-state index contributed by atoms with van der Waals surface area (Å²) in [4.78, 5) is 33.7. The topological polar surface area (TPSA) is 97.9 Å². The number of phenols is 1. The van der Waals surface area contributed by atoms with E-state index in [9.17, 15) is 14.7 Å². The maximum Gasteiger partial charge on any atom is 0.328 e. The highest BCUT2D eigenvalue weighted by Gasteiger charge is 2.60. The maximum atomic E-state index is 15.5. The number of ether oxygens (including phenoxy) is 1. The summed E-state index contributed by atoms with van der Waals surface area (Å²) < 4.78 is 20.7. The van der Waals surface area contributed by atoms with E-state index in [1.165, 1.54) is 12.0 Å². The number of benzene rings is 2. The summed E-state index contributed by atoms with van der Waals surface area (Å²) in [7, 11) is 1.41. The summed E-state index contributed by atoms with van der Waals surface area (Å²) in [6, 6.07) is 8.75. The Hall–Kier alpha value is -3.85. The average Bonchev–Trinajstić information content (AvgIpc) is 3.31. The van der Waals surface area contributed by atoms with Gasteiger partial charge in [0.25, 0.3) is 5.91 Å². The first kappa shape index (κ1) is 23.9. The van der Waals surface area contributed by atoms with Crippen LogP contribution in [0, 0.1) is 5.82 Å². The molecule has 188 valence electrons. The number of H-pyrrole nitrogens is 1. The van der Waals surface area contributed by atoms with Gasteiger partial charge in [-0.3, -0.25) is 14.6 Å². The SMILES string of the molecule is C=CCNCCCN1C(=O)N2C(c3cccc(O)c3)c3[nH]c4ccc(OC)c(F)c4c3C[C@@]2(C)C1=O. The van der Waals surface area contributed by atoms with E-state index in [2.05, 4.69) is 16.9 Å². The molecule has 9 heteroatoms. The first-order valence-corrected chi connectivity index (χ1v) is 11.9. The van der Waals surface area contributed by atoms with Gasteiger partial charge in [0, 0.05) is 36.1 Å². The van der Waals surface area contributed by atoms with Crippen LogP contribution in [0.4, 0.5) is 9.18 Å². The van der Waals surface area contributed by atoms with Crippen LogP contribution < -0.4 is 10.1 Å². The second-order valence-corrected chi connectivity index (χ2v) is 9.43. The number of rotatable bonds is 8. The lowest BCUT2D eigenvalue weighted by Crippen LogP contribution is -2.53. The first-order chi connectivity index (χ1) is 17.3. The van der Waals surface area contributed by atoms with E-state index in [1.54, 1.807) is 54.3 Å². The Kier molecular flexibility index (Phi) is 5.96. The molecule has 1 unspecified atom stereocenters. The van der Waals surface area contributed by atoms with Gasteiger partial charge in [-0.25, -0.2) is 9.18 Å². The fraction of sp³-hybridized carbons (Fsp3) is 0.333. The van der Waals surface area contributed by atoms with Crippen molar-refractivity contribution in [3.05, 3.63) is 71.7 Å². The number of fused-ring (bicyclic) bond motifs is 4. The van der Waals surface area contributed by atoms with Gasteiger partial charge in [-0.05, 0) is 55.3 Å². The zero-order chi connectivity index (χ0) is 25.6. The highest BCUT2D eigenvalue weighted by Crippen LogP contribution is 2.49. The molecule has 0 bridgehead atoms. The standard InChI is InChI=1S/C27H29FN4O4/c1-4-11-29-12-6-13-31-25(34)27(2)15-18-21-19(9-10-20(36-3)22(21)28)30-23(18)24(32(27)26(31)35)16-7-5-8-17(33)14-16/h4-5,7-10,14,24,29-30,33H,1,6,11-13,15H2,2-3H3/t24?,27-/m0/s1. The number of nitrogens with zero attached hydrogens (tertiary/aromatic N) is 2. The van der Waals surface area contributed by atoms with Crippen molar-refractivity contribution in [2.24, 2.45) is 0 Å². The Balaban J connectivity index is 1.64. The van der Waals surface area contributed by atoms with Crippen molar-refractivity contribution in [1.29, 1.82) is 0 Å². The smallest absolute Gasteiger partial charge is 0.328 e. The molecule has 2 aromatic carbocycles. The lowest BCUT2D eigenvalue weighted by molar-refractivity contribution is -0.133. The van der Waals surface area contributed by atoms with Gasteiger partial charge in [-0.1, -0.05) is 18.2 Å². The maximum absolute atomic E-state index is 15.5. The fourth-order valence-electron chi connectivity index (χ4n) is 5.51. The van der Waals surface area contributed by atoms with Crippen LogP contribution in [0.25, 0.3) is 10.9 Å². The molecule has 0 spiro atoms. The monoisotopic (exact) mass is 492 g/mol. The largest absolute Gasteiger partial charge is 0.508 e. The van der Waals surface area contributed by atoms with E-state index < -0.39 is 23.4 Å². The molecule has 2 atom stereocenters. The molecule has 3 N–H and O–H groups in total. The van der Waals surface area contributed by atoms with Crippen molar-refractivity contribution in [3.8, 4) is 11.5 Å². The molecule has 3 amide bonds. The minimum atomic E-state index is -1.22. The molecule has 5 rings (SSSR count). The van der Waals surface area contributed by atoms with Gasteiger partial charge in [-0.15, -0.1) is 6.58 Å². The second kappa shape index (κ2) is 8.98. The van der Waals surface area contributed by atoms with Crippen molar-refractivity contribution in [2.75, 3.05) is 26.7 Å². The summed E-state index contributed by atoms with van der Waals surface area (Å²) in [5, 5.41) is 13.8. The molecule has 8 nitrogen and oxygen atoms in total. The Morgan fingerprint density at radius 1 is 1.33 bits per heavy atom. The van der Waals surface area contributed by atoms with E-state index >= 15 is 4.39 Å². The zero-order valence-corrected chi connectivity index (χ0v) is 20.3. The van der Waals surface area contributed by atoms with Crippen LogP contribution in [0.2, 0.25) is 0 Å². The number of amides is 3. The van der Waals surface area contributed by atoms with E-state index in [-0.39, 0.29) is 30.4 Å². The van der Waals surface area contributed by atoms with Gasteiger partial charge in [0.1, 0.15) is 17.3 Å². The number of aromatic amines is 1. The van der Waals surface area contributed by atoms with Crippen LogP contribution in [0.15, 0.2) is 49.1 Å². The van der Waals surface area contributed by atoms with Gasteiger partial charge in [0.05, 0.1) is 7.11 Å².